The number of hydrogen-bond acceptors (Lipinski definition) is 4. The van der Waals surface area contributed by atoms with Crippen LogP contribution >= 0.6 is 0 Å². The summed E-state index contributed by atoms with van der Waals surface area (Å²) in [4.78, 5) is 25.6. The van der Waals surface area contributed by atoms with Crippen molar-refractivity contribution < 1.29 is 19.4 Å². The Hall–Kier alpha value is -1.88. The third-order valence-electron chi connectivity index (χ3n) is 6.98. The molecule has 2 unspecified atom stereocenters. The normalized spacial score (nSPS) is 33.9. The highest BCUT2D eigenvalue weighted by atomic mass is 16.5. The van der Waals surface area contributed by atoms with Gasteiger partial charge in [-0.05, 0) is 70.3 Å². The third kappa shape index (κ3) is 3.06. The number of Topliss-reactive ketones (excluding diaryl/α,β-unsaturated/α-hetero) is 1. The van der Waals surface area contributed by atoms with Gasteiger partial charge in [0.05, 0.1) is 11.0 Å². The zero-order chi connectivity index (χ0) is 19.4. The van der Waals surface area contributed by atoms with Gasteiger partial charge in [-0.3, -0.25) is 9.59 Å². The Bertz CT molecular complexity index is 791. The number of ketones is 1. The number of aliphatic hydroxyl groups is 1. The maximum Gasteiger partial charge on any atom is 0.312 e. The Balaban J connectivity index is 1.45. The molecule has 1 heterocycles. The molecule has 146 valence electrons. The van der Waals surface area contributed by atoms with Gasteiger partial charge in [0.25, 0.3) is 0 Å². The van der Waals surface area contributed by atoms with Gasteiger partial charge in [-0.2, -0.15) is 0 Å². The molecule has 0 radical (unpaired) electrons. The maximum absolute atomic E-state index is 12.9. The predicted octanol–water partition coefficient (Wildman–Crippen LogP) is 3.35. The summed E-state index contributed by atoms with van der Waals surface area (Å²) in [5.41, 5.74) is 1.18. The number of carbonyl (C=O) groups is 2. The predicted molar refractivity (Wildman–Crippen MR) is 101 cm³/mol. The van der Waals surface area contributed by atoms with Gasteiger partial charge in [-0.15, -0.1) is 6.58 Å². The van der Waals surface area contributed by atoms with Crippen LogP contribution in [0, 0.1) is 31.1 Å². The van der Waals surface area contributed by atoms with Gasteiger partial charge in [0, 0.05) is 23.5 Å². The lowest BCUT2D eigenvalue weighted by Gasteiger charge is -2.58. The Kier molecular flexibility index (Phi) is 4.34. The van der Waals surface area contributed by atoms with Crippen molar-refractivity contribution in [2.45, 2.75) is 64.5 Å². The highest BCUT2D eigenvalue weighted by Crippen LogP contribution is 2.61. The second-order valence-corrected chi connectivity index (χ2v) is 9.15. The standard InChI is InChI=1S/C22H29NO4/c1-4-5-23-14(2)6-18(15(23)3)19(24)12-27-20(25)21-8-16-7-17(9-21)11-22(26,10-16)13-21/h4,6,16-17,26H,1,5,7-13H2,2-3H3/t16-,17+,21?,22?. The molecule has 4 bridgehead atoms. The molecule has 5 nitrogen and oxygen atoms in total. The number of esters is 1. The maximum atomic E-state index is 12.9. The molecule has 0 spiro atoms. The fourth-order valence-electron chi connectivity index (χ4n) is 6.31. The van der Waals surface area contributed by atoms with E-state index in [0.29, 0.717) is 30.4 Å². The topological polar surface area (TPSA) is 68.5 Å². The summed E-state index contributed by atoms with van der Waals surface area (Å²) in [5.74, 6) is 0.369. The zero-order valence-corrected chi connectivity index (χ0v) is 16.3. The highest BCUT2D eigenvalue weighted by Gasteiger charge is 2.60. The van der Waals surface area contributed by atoms with Crippen LogP contribution in [0.25, 0.3) is 0 Å². The van der Waals surface area contributed by atoms with Crippen molar-refractivity contribution in [2.24, 2.45) is 17.3 Å². The summed E-state index contributed by atoms with van der Waals surface area (Å²) < 4.78 is 7.55. The number of allylic oxidation sites excluding steroid dienone is 1. The summed E-state index contributed by atoms with van der Waals surface area (Å²) in [5, 5.41) is 10.8. The lowest BCUT2D eigenvalue weighted by Crippen LogP contribution is -2.58. The lowest BCUT2D eigenvalue weighted by atomic mass is 9.48. The molecule has 27 heavy (non-hydrogen) atoms. The van der Waals surface area contributed by atoms with Crippen LogP contribution in [0.15, 0.2) is 18.7 Å². The molecule has 1 aromatic heterocycles. The Morgan fingerprint density at radius 2 is 1.96 bits per heavy atom. The van der Waals surface area contributed by atoms with E-state index in [1.807, 2.05) is 24.5 Å². The van der Waals surface area contributed by atoms with Crippen LogP contribution in [0.5, 0.6) is 0 Å². The van der Waals surface area contributed by atoms with Crippen molar-refractivity contribution >= 4 is 11.8 Å². The molecule has 0 aromatic carbocycles. The van der Waals surface area contributed by atoms with Gasteiger partial charge in [0.2, 0.25) is 5.78 Å². The first-order valence-electron chi connectivity index (χ1n) is 9.96. The minimum atomic E-state index is -0.706. The molecule has 1 aromatic rings. The van der Waals surface area contributed by atoms with E-state index < -0.39 is 11.0 Å². The average Bonchev–Trinajstić information content (AvgIpc) is 2.86. The summed E-state index contributed by atoms with van der Waals surface area (Å²) in [6.07, 6.45) is 6.63. The van der Waals surface area contributed by atoms with E-state index in [1.165, 1.54) is 0 Å². The molecule has 5 rings (SSSR count). The fourth-order valence-corrected chi connectivity index (χ4v) is 6.31. The first-order chi connectivity index (χ1) is 12.8. The first kappa shape index (κ1) is 18.5. The number of hydrogen-bond donors (Lipinski definition) is 1. The quantitative estimate of drug-likeness (QED) is 0.473. The molecule has 4 saturated carbocycles. The first-order valence-corrected chi connectivity index (χ1v) is 9.96. The van der Waals surface area contributed by atoms with Gasteiger partial charge in [0.1, 0.15) is 0 Å². The summed E-state index contributed by atoms with van der Waals surface area (Å²) in [6, 6.07) is 1.85. The monoisotopic (exact) mass is 371 g/mol. The van der Waals surface area contributed by atoms with Crippen molar-refractivity contribution in [3.8, 4) is 0 Å². The fraction of sp³-hybridized carbons (Fsp3) is 0.636. The number of carbonyl (C=O) groups excluding carboxylic acids is 2. The van der Waals surface area contributed by atoms with E-state index in [1.54, 1.807) is 6.08 Å². The molecule has 0 saturated heterocycles. The summed E-state index contributed by atoms with van der Waals surface area (Å²) >= 11 is 0. The SMILES string of the molecule is C=CCn1c(C)cc(C(=O)COC(=O)C23C[C@@H]4C[C@@H](CC(O)(C4)C2)C3)c1C. The van der Waals surface area contributed by atoms with Crippen LogP contribution in [0.1, 0.15) is 60.3 Å². The highest BCUT2D eigenvalue weighted by molar-refractivity contribution is 5.99. The third-order valence-corrected chi connectivity index (χ3v) is 6.98. The second kappa shape index (κ2) is 6.33. The van der Waals surface area contributed by atoms with Crippen molar-refractivity contribution in [3.63, 3.8) is 0 Å². The summed E-state index contributed by atoms with van der Waals surface area (Å²) in [6.45, 7) is 8.03. The van der Waals surface area contributed by atoms with Crippen LogP contribution in [0.4, 0.5) is 0 Å². The van der Waals surface area contributed by atoms with Crippen LogP contribution in [0.3, 0.4) is 0 Å². The minimum Gasteiger partial charge on any atom is -0.457 e. The molecule has 4 atom stereocenters. The van der Waals surface area contributed by atoms with E-state index in [9.17, 15) is 14.7 Å². The molecule has 0 amide bonds. The van der Waals surface area contributed by atoms with Crippen molar-refractivity contribution in [1.82, 2.24) is 4.57 Å². The second-order valence-electron chi connectivity index (χ2n) is 9.15. The van der Waals surface area contributed by atoms with Gasteiger partial charge in [-0.25, -0.2) is 0 Å². The van der Waals surface area contributed by atoms with Crippen molar-refractivity contribution in [1.29, 1.82) is 0 Å². The Labute approximate surface area is 160 Å². The van der Waals surface area contributed by atoms with Gasteiger partial charge >= 0.3 is 5.97 Å². The van der Waals surface area contributed by atoms with Crippen LogP contribution < -0.4 is 0 Å². The minimum absolute atomic E-state index is 0.171. The molecule has 5 heteroatoms. The van der Waals surface area contributed by atoms with Crippen LogP contribution in [0.2, 0.25) is 0 Å². The van der Waals surface area contributed by atoms with E-state index in [4.69, 9.17) is 4.74 Å². The number of aryl methyl sites for hydroxylation is 1. The van der Waals surface area contributed by atoms with E-state index in [2.05, 4.69) is 6.58 Å². The molecular weight excluding hydrogens is 342 g/mol. The number of aromatic nitrogens is 1. The zero-order valence-electron chi connectivity index (χ0n) is 16.3. The van der Waals surface area contributed by atoms with Crippen molar-refractivity contribution in [2.75, 3.05) is 6.61 Å². The molecule has 0 aliphatic heterocycles. The van der Waals surface area contributed by atoms with E-state index in [0.717, 1.165) is 43.5 Å². The molecule has 4 fully saturated rings. The van der Waals surface area contributed by atoms with E-state index >= 15 is 0 Å². The number of nitrogens with zero attached hydrogens (tertiary/aromatic N) is 1. The van der Waals surface area contributed by atoms with E-state index in [-0.39, 0.29) is 18.4 Å². The van der Waals surface area contributed by atoms with Gasteiger partial charge in [-0.1, -0.05) is 6.08 Å². The molecular formula is C22H29NO4. The molecule has 4 aliphatic carbocycles. The van der Waals surface area contributed by atoms with Crippen molar-refractivity contribution in [3.05, 3.63) is 35.7 Å². The van der Waals surface area contributed by atoms with Gasteiger partial charge in [0.15, 0.2) is 6.61 Å². The Morgan fingerprint density at radius 3 is 2.56 bits per heavy atom. The van der Waals surface area contributed by atoms with Crippen LogP contribution in [-0.2, 0) is 16.1 Å². The van der Waals surface area contributed by atoms with Gasteiger partial charge < -0.3 is 14.4 Å². The lowest BCUT2D eigenvalue weighted by molar-refractivity contribution is -0.195. The number of rotatable bonds is 6. The Morgan fingerprint density at radius 1 is 1.30 bits per heavy atom. The molecule has 1 N–H and O–H groups in total. The number of ether oxygens (including phenoxy) is 1. The average molecular weight is 371 g/mol. The summed E-state index contributed by atoms with van der Waals surface area (Å²) in [7, 11) is 0. The molecule has 4 aliphatic rings. The smallest absolute Gasteiger partial charge is 0.312 e. The van der Waals surface area contributed by atoms with Crippen LogP contribution in [-0.4, -0.2) is 33.6 Å². The largest absolute Gasteiger partial charge is 0.457 e.